The van der Waals surface area contributed by atoms with Crippen molar-refractivity contribution >= 4 is 12.4 Å². The third-order valence-corrected chi connectivity index (χ3v) is 1.54. The molecule has 0 radical (unpaired) electrons. The van der Waals surface area contributed by atoms with Crippen LogP contribution in [0.1, 0.15) is 17.6 Å². The molecule has 0 bridgehead atoms. The van der Waals surface area contributed by atoms with Gasteiger partial charge in [-0.2, -0.15) is 0 Å². The Balaban J connectivity index is 0.00000144. The summed E-state index contributed by atoms with van der Waals surface area (Å²) < 4.78 is 36.7. The van der Waals surface area contributed by atoms with E-state index in [0.717, 1.165) is 12.1 Å². The second-order valence-corrected chi connectivity index (χ2v) is 2.36. The predicted octanol–water partition coefficient (Wildman–Crippen LogP) is 2.64. The third kappa shape index (κ3) is 2.90. The van der Waals surface area contributed by atoms with Crippen molar-refractivity contribution in [3.63, 3.8) is 0 Å². The van der Waals surface area contributed by atoms with E-state index in [1.54, 1.807) is 0 Å². The molecule has 0 atom stereocenters. The van der Waals surface area contributed by atoms with E-state index >= 15 is 0 Å². The van der Waals surface area contributed by atoms with Crippen molar-refractivity contribution in [2.75, 3.05) is 0 Å². The zero-order valence-corrected chi connectivity index (χ0v) is 7.45. The van der Waals surface area contributed by atoms with Crippen molar-refractivity contribution in [3.05, 3.63) is 35.1 Å². The van der Waals surface area contributed by atoms with E-state index in [9.17, 15) is 13.2 Å². The van der Waals surface area contributed by atoms with Crippen LogP contribution < -0.4 is 5.73 Å². The molecular weight excluding hydrogens is 203 g/mol. The minimum absolute atomic E-state index is 0. The number of nitrogens with two attached hydrogens (primary N) is 1. The first-order chi connectivity index (χ1) is 5.65. The minimum atomic E-state index is -2.77. The summed E-state index contributed by atoms with van der Waals surface area (Å²) in [5.41, 5.74) is 5.13. The molecule has 0 amide bonds. The molecule has 0 aliphatic heterocycles. The van der Waals surface area contributed by atoms with Crippen LogP contribution >= 0.6 is 12.4 Å². The van der Waals surface area contributed by atoms with Crippen LogP contribution in [0.25, 0.3) is 0 Å². The number of hydrogen-bond acceptors (Lipinski definition) is 1. The maximum atomic E-state index is 12.8. The fourth-order valence-electron chi connectivity index (χ4n) is 0.875. The van der Waals surface area contributed by atoms with E-state index in [2.05, 4.69) is 0 Å². The summed E-state index contributed by atoms with van der Waals surface area (Å²) in [4.78, 5) is 0. The van der Waals surface area contributed by atoms with E-state index in [-0.39, 0.29) is 19.0 Å². The van der Waals surface area contributed by atoms with Crippen molar-refractivity contribution in [2.45, 2.75) is 13.0 Å². The van der Waals surface area contributed by atoms with Gasteiger partial charge in [-0.3, -0.25) is 0 Å². The van der Waals surface area contributed by atoms with E-state index in [1.165, 1.54) is 6.07 Å². The molecular formula is C8H9ClF3N. The lowest BCUT2D eigenvalue weighted by Gasteiger charge is -2.02. The van der Waals surface area contributed by atoms with Gasteiger partial charge in [-0.1, -0.05) is 12.1 Å². The van der Waals surface area contributed by atoms with Crippen LogP contribution in [0.2, 0.25) is 0 Å². The predicted molar refractivity (Wildman–Crippen MR) is 46.5 cm³/mol. The Hall–Kier alpha value is -0.740. The quantitative estimate of drug-likeness (QED) is 0.800. The highest BCUT2D eigenvalue weighted by Crippen LogP contribution is 2.22. The fourth-order valence-corrected chi connectivity index (χ4v) is 0.875. The summed E-state index contributed by atoms with van der Waals surface area (Å²) >= 11 is 0. The summed E-state index contributed by atoms with van der Waals surface area (Å²) in [7, 11) is 0. The maximum Gasteiger partial charge on any atom is 0.266 e. The lowest BCUT2D eigenvalue weighted by Crippen LogP contribution is -1.99. The van der Waals surface area contributed by atoms with E-state index in [1.807, 2.05) is 0 Å². The van der Waals surface area contributed by atoms with Crippen LogP contribution in [0.3, 0.4) is 0 Å². The molecule has 1 aromatic carbocycles. The van der Waals surface area contributed by atoms with Crippen molar-refractivity contribution in [1.29, 1.82) is 0 Å². The molecule has 74 valence electrons. The third-order valence-electron chi connectivity index (χ3n) is 1.54. The average Bonchev–Trinajstić information content (AvgIpc) is 2.03. The Labute approximate surface area is 80.2 Å². The van der Waals surface area contributed by atoms with Crippen molar-refractivity contribution in [3.8, 4) is 0 Å². The summed E-state index contributed by atoms with van der Waals surface area (Å²) in [6, 6.07) is 3.48. The van der Waals surface area contributed by atoms with Gasteiger partial charge >= 0.3 is 0 Å². The Morgan fingerprint density at radius 3 is 2.31 bits per heavy atom. The van der Waals surface area contributed by atoms with Gasteiger partial charge in [0.1, 0.15) is 5.82 Å². The molecule has 0 fully saturated rings. The first kappa shape index (κ1) is 12.3. The molecule has 0 saturated heterocycles. The van der Waals surface area contributed by atoms with Gasteiger partial charge in [0, 0.05) is 6.54 Å². The van der Waals surface area contributed by atoms with Crippen LogP contribution in [0.15, 0.2) is 18.2 Å². The molecule has 0 spiro atoms. The SMILES string of the molecule is Cl.NCc1ccc(C(F)F)c(F)c1. The summed E-state index contributed by atoms with van der Waals surface area (Å²) in [6.45, 7) is 0.153. The monoisotopic (exact) mass is 211 g/mol. The van der Waals surface area contributed by atoms with Gasteiger partial charge in [-0.05, 0) is 11.6 Å². The normalized spacial score (nSPS) is 9.92. The molecule has 1 rings (SSSR count). The number of alkyl halides is 2. The van der Waals surface area contributed by atoms with E-state index in [0.29, 0.717) is 5.56 Å². The van der Waals surface area contributed by atoms with Crippen LogP contribution in [0, 0.1) is 5.82 Å². The van der Waals surface area contributed by atoms with Crippen molar-refractivity contribution in [2.24, 2.45) is 5.73 Å². The molecule has 5 heteroatoms. The second kappa shape index (κ2) is 5.09. The van der Waals surface area contributed by atoms with Crippen molar-refractivity contribution in [1.82, 2.24) is 0 Å². The highest BCUT2D eigenvalue weighted by atomic mass is 35.5. The lowest BCUT2D eigenvalue weighted by molar-refractivity contribution is 0.146. The minimum Gasteiger partial charge on any atom is -0.326 e. The second-order valence-electron chi connectivity index (χ2n) is 2.36. The molecule has 0 aromatic heterocycles. The molecule has 1 nitrogen and oxygen atoms in total. The van der Waals surface area contributed by atoms with Crippen LogP contribution in [0.5, 0.6) is 0 Å². The number of hydrogen-bond donors (Lipinski definition) is 1. The zero-order chi connectivity index (χ0) is 9.14. The number of benzene rings is 1. The van der Waals surface area contributed by atoms with Crippen molar-refractivity contribution < 1.29 is 13.2 Å². The number of halogens is 4. The van der Waals surface area contributed by atoms with E-state index < -0.39 is 17.8 Å². The zero-order valence-electron chi connectivity index (χ0n) is 6.64. The Morgan fingerprint density at radius 2 is 1.92 bits per heavy atom. The Bertz CT molecular complexity index is 278. The van der Waals surface area contributed by atoms with Crippen LogP contribution in [-0.4, -0.2) is 0 Å². The summed E-state index contributed by atoms with van der Waals surface area (Å²) in [6.07, 6.45) is -2.77. The molecule has 1 aromatic rings. The highest BCUT2D eigenvalue weighted by molar-refractivity contribution is 5.85. The maximum absolute atomic E-state index is 12.8. The standard InChI is InChI=1S/C8H8F3N.ClH/c9-7-3-5(4-12)1-2-6(7)8(10)11;/h1-3,8H,4,12H2;1H. The van der Waals surface area contributed by atoms with Crippen LogP contribution in [0.4, 0.5) is 13.2 Å². The molecule has 13 heavy (non-hydrogen) atoms. The van der Waals surface area contributed by atoms with Gasteiger partial charge in [-0.15, -0.1) is 12.4 Å². The van der Waals surface area contributed by atoms with E-state index in [4.69, 9.17) is 5.73 Å². The van der Waals surface area contributed by atoms with Gasteiger partial charge in [0.15, 0.2) is 0 Å². The molecule has 0 saturated carbocycles. The first-order valence-electron chi connectivity index (χ1n) is 3.41. The average molecular weight is 212 g/mol. The van der Waals surface area contributed by atoms with Crippen LogP contribution in [-0.2, 0) is 6.54 Å². The molecule has 0 aliphatic carbocycles. The fraction of sp³-hybridized carbons (Fsp3) is 0.250. The lowest BCUT2D eigenvalue weighted by atomic mass is 10.1. The summed E-state index contributed by atoms with van der Waals surface area (Å²) in [5, 5.41) is 0. The molecule has 0 aliphatic rings. The first-order valence-corrected chi connectivity index (χ1v) is 3.41. The molecule has 0 unspecified atom stereocenters. The molecule has 0 heterocycles. The number of rotatable bonds is 2. The largest absolute Gasteiger partial charge is 0.326 e. The highest BCUT2D eigenvalue weighted by Gasteiger charge is 2.12. The van der Waals surface area contributed by atoms with Gasteiger partial charge in [0.25, 0.3) is 6.43 Å². The Morgan fingerprint density at radius 1 is 1.31 bits per heavy atom. The Kier molecular flexibility index (Phi) is 4.80. The van der Waals surface area contributed by atoms with Gasteiger partial charge in [0.05, 0.1) is 5.56 Å². The smallest absolute Gasteiger partial charge is 0.266 e. The van der Waals surface area contributed by atoms with Gasteiger partial charge in [0.2, 0.25) is 0 Å². The van der Waals surface area contributed by atoms with Gasteiger partial charge in [-0.25, -0.2) is 13.2 Å². The molecule has 2 N–H and O–H groups in total. The van der Waals surface area contributed by atoms with Gasteiger partial charge < -0.3 is 5.73 Å². The topological polar surface area (TPSA) is 26.0 Å². The summed E-state index contributed by atoms with van der Waals surface area (Å²) in [5.74, 6) is -0.895.